The molecule has 0 N–H and O–H groups in total. The van der Waals surface area contributed by atoms with Gasteiger partial charge in [-0.15, -0.1) is 0 Å². The van der Waals surface area contributed by atoms with Crippen molar-refractivity contribution < 1.29 is 49.4 Å². The van der Waals surface area contributed by atoms with Gasteiger partial charge < -0.3 is 9.47 Å². The molecule has 3 nitrogen and oxygen atoms in total. The van der Waals surface area contributed by atoms with E-state index in [0.717, 1.165) is 50.2 Å². The zero-order valence-electron chi connectivity index (χ0n) is 24.1. The van der Waals surface area contributed by atoms with Gasteiger partial charge in [0.25, 0.3) is 0 Å². The highest BCUT2D eigenvalue weighted by atomic mass is 19.3. The number of esters is 1. The second-order valence-electron chi connectivity index (χ2n) is 11.0. The third-order valence-electron chi connectivity index (χ3n) is 7.77. The average Bonchev–Trinajstić information content (AvgIpc) is 3.36. The average molecular weight is 635 g/mol. The lowest BCUT2D eigenvalue weighted by molar-refractivity contribution is -0.189. The number of rotatable bonds is 9. The van der Waals surface area contributed by atoms with Gasteiger partial charge in [0.15, 0.2) is 0 Å². The summed E-state index contributed by atoms with van der Waals surface area (Å²) in [6, 6.07) is 7.61. The molecule has 4 aromatic carbocycles. The number of benzene rings is 4. The smallest absolute Gasteiger partial charge is 0.429 e. The van der Waals surface area contributed by atoms with Crippen LogP contribution in [0.4, 0.5) is 35.1 Å². The van der Waals surface area contributed by atoms with Crippen LogP contribution in [-0.4, -0.2) is 5.97 Å². The van der Waals surface area contributed by atoms with E-state index in [-0.39, 0.29) is 17.7 Å². The van der Waals surface area contributed by atoms with Crippen molar-refractivity contribution in [3.63, 3.8) is 0 Å². The monoisotopic (exact) mass is 634 g/mol. The highest BCUT2D eigenvalue weighted by Gasteiger charge is 2.42. The molecule has 0 heterocycles. The summed E-state index contributed by atoms with van der Waals surface area (Å²) in [5, 5.41) is 0. The molecule has 0 bridgehead atoms. The van der Waals surface area contributed by atoms with Crippen LogP contribution in [0.25, 0.3) is 11.1 Å². The van der Waals surface area contributed by atoms with Crippen LogP contribution in [0.3, 0.4) is 0 Å². The minimum Gasteiger partial charge on any atom is -0.429 e. The molecule has 0 amide bonds. The summed E-state index contributed by atoms with van der Waals surface area (Å²) in [6.07, 6.45) is 0.188. The molecule has 0 saturated heterocycles. The first-order chi connectivity index (χ1) is 21.3. The van der Waals surface area contributed by atoms with Crippen LogP contribution in [0.2, 0.25) is 0 Å². The topological polar surface area (TPSA) is 35.5 Å². The predicted molar refractivity (Wildman–Crippen MR) is 149 cm³/mol. The third kappa shape index (κ3) is 6.67. The van der Waals surface area contributed by atoms with E-state index in [2.05, 4.69) is 11.7 Å². The van der Waals surface area contributed by atoms with Crippen LogP contribution in [0.15, 0.2) is 54.6 Å². The summed E-state index contributed by atoms with van der Waals surface area (Å²) >= 11 is 0. The van der Waals surface area contributed by atoms with E-state index in [4.69, 9.17) is 4.74 Å². The van der Waals surface area contributed by atoms with Crippen LogP contribution in [0.5, 0.6) is 11.5 Å². The van der Waals surface area contributed by atoms with Crippen molar-refractivity contribution in [2.75, 3.05) is 0 Å². The van der Waals surface area contributed by atoms with Crippen molar-refractivity contribution in [3.05, 3.63) is 117 Å². The van der Waals surface area contributed by atoms with E-state index in [1.54, 1.807) is 12.1 Å². The molecule has 0 fully saturated rings. The summed E-state index contributed by atoms with van der Waals surface area (Å²) in [4.78, 5) is 12.8. The van der Waals surface area contributed by atoms with Gasteiger partial charge in [-0.1, -0.05) is 25.8 Å². The molecule has 1 aliphatic rings. The summed E-state index contributed by atoms with van der Waals surface area (Å²) < 4.78 is 126. The van der Waals surface area contributed by atoms with Crippen molar-refractivity contribution in [1.29, 1.82) is 0 Å². The number of ether oxygens (including phenoxy) is 2. The number of hydrogen-bond donors (Lipinski definition) is 0. The molecule has 1 unspecified atom stereocenters. The van der Waals surface area contributed by atoms with E-state index in [1.807, 2.05) is 6.07 Å². The molecule has 0 aromatic heterocycles. The van der Waals surface area contributed by atoms with Crippen molar-refractivity contribution >= 4 is 5.97 Å². The van der Waals surface area contributed by atoms with Crippen LogP contribution < -0.4 is 9.47 Å². The van der Waals surface area contributed by atoms with Crippen LogP contribution in [-0.2, 0) is 19.0 Å². The number of hydrogen-bond acceptors (Lipinski definition) is 3. The first-order valence-corrected chi connectivity index (χ1v) is 14.1. The minimum atomic E-state index is -4.77. The van der Waals surface area contributed by atoms with E-state index in [9.17, 15) is 31.1 Å². The van der Waals surface area contributed by atoms with E-state index < -0.39 is 80.7 Å². The first kappa shape index (κ1) is 32.0. The van der Waals surface area contributed by atoms with Gasteiger partial charge in [0.2, 0.25) is 0 Å². The van der Waals surface area contributed by atoms with Crippen LogP contribution in [0.1, 0.15) is 58.8 Å². The zero-order chi connectivity index (χ0) is 32.6. The van der Waals surface area contributed by atoms with Crippen molar-refractivity contribution in [2.24, 2.45) is 5.92 Å². The number of carbonyl (C=O) groups excluding carboxylic acids is 1. The largest absolute Gasteiger partial charge is 0.432 e. The molecule has 4 aromatic rings. The van der Waals surface area contributed by atoms with Gasteiger partial charge in [-0.25, -0.2) is 31.1 Å². The van der Waals surface area contributed by atoms with E-state index in [0.29, 0.717) is 30.2 Å². The quantitative estimate of drug-likeness (QED) is 0.105. The lowest BCUT2D eigenvalue weighted by Crippen LogP contribution is -2.25. The maximum atomic E-state index is 15.0. The lowest BCUT2D eigenvalue weighted by Gasteiger charge is -2.20. The highest BCUT2D eigenvalue weighted by Crippen LogP contribution is 2.39. The Hall–Kier alpha value is -4.41. The molecule has 1 aliphatic carbocycles. The van der Waals surface area contributed by atoms with Gasteiger partial charge in [0.1, 0.15) is 52.0 Å². The molecular formula is C34H26F8O3. The Kier molecular flexibility index (Phi) is 8.91. The van der Waals surface area contributed by atoms with Gasteiger partial charge in [-0.2, -0.15) is 8.78 Å². The summed E-state index contributed by atoms with van der Waals surface area (Å²) in [5.74, 6) is -11.2. The summed E-state index contributed by atoms with van der Waals surface area (Å²) in [5.41, 5.74) is -1.92. The van der Waals surface area contributed by atoms with Gasteiger partial charge in [0, 0.05) is 29.8 Å². The van der Waals surface area contributed by atoms with Crippen LogP contribution in [0, 0.1) is 47.7 Å². The van der Waals surface area contributed by atoms with Gasteiger partial charge >= 0.3 is 12.1 Å². The molecule has 0 aliphatic heterocycles. The number of unbranched alkanes of at least 4 members (excludes halogenated alkanes) is 1. The van der Waals surface area contributed by atoms with Gasteiger partial charge in [-0.05, 0) is 73.1 Å². The lowest BCUT2D eigenvalue weighted by atomic mass is 9.99. The Labute approximate surface area is 253 Å². The fourth-order valence-electron chi connectivity index (χ4n) is 5.46. The van der Waals surface area contributed by atoms with E-state index >= 15 is 8.78 Å². The molecule has 11 heteroatoms. The second kappa shape index (κ2) is 12.5. The maximum absolute atomic E-state index is 15.0. The Balaban J connectivity index is 1.35. The van der Waals surface area contributed by atoms with Crippen LogP contribution >= 0.6 is 0 Å². The fraction of sp³-hybridized carbons (Fsp3) is 0.265. The van der Waals surface area contributed by atoms with Gasteiger partial charge in [0.05, 0.1) is 11.1 Å². The standard InChI is InChI=1S/C34H26F8O3/c1-3-4-5-18-8-19-6-7-20(10-21(19)9-18)33(43)44-23-13-27(37)31(28(38)14-23)22-11-29(39)32(30(40)12-22)34(41,42)45-24-15-25(35)17(2)26(36)16-24/h6-7,10-16,18H,3-5,8-9H2,1-2H3. The summed E-state index contributed by atoms with van der Waals surface area (Å²) in [6.45, 7) is 3.15. The number of halogens is 8. The maximum Gasteiger partial charge on any atom is 0.432 e. The zero-order valence-corrected chi connectivity index (χ0v) is 24.1. The number of alkyl halides is 2. The van der Waals surface area contributed by atoms with Crippen molar-refractivity contribution in [3.8, 4) is 22.6 Å². The number of carbonyl (C=O) groups is 1. The van der Waals surface area contributed by atoms with Crippen molar-refractivity contribution in [1.82, 2.24) is 0 Å². The van der Waals surface area contributed by atoms with Gasteiger partial charge in [-0.3, -0.25) is 0 Å². The number of fused-ring (bicyclic) bond motifs is 1. The molecule has 45 heavy (non-hydrogen) atoms. The Morgan fingerprint density at radius 2 is 1.36 bits per heavy atom. The Morgan fingerprint density at radius 1 is 0.778 bits per heavy atom. The van der Waals surface area contributed by atoms with E-state index in [1.165, 1.54) is 0 Å². The second-order valence-corrected chi connectivity index (χ2v) is 11.0. The summed E-state index contributed by atoms with van der Waals surface area (Å²) in [7, 11) is 0. The fourth-order valence-corrected chi connectivity index (χ4v) is 5.46. The Bertz CT molecular complexity index is 1720. The molecule has 0 spiro atoms. The highest BCUT2D eigenvalue weighted by molar-refractivity contribution is 5.91. The molecule has 0 radical (unpaired) electrons. The molecule has 236 valence electrons. The predicted octanol–water partition coefficient (Wildman–Crippen LogP) is 9.75. The molecular weight excluding hydrogens is 608 g/mol. The van der Waals surface area contributed by atoms with Crippen molar-refractivity contribution in [2.45, 2.75) is 52.1 Å². The third-order valence-corrected chi connectivity index (χ3v) is 7.77. The molecule has 1 atom stereocenters. The first-order valence-electron chi connectivity index (χ1n) is 14.1. The Morgan fingerprint density at radius 3 is 1.96 bits per heavy atom. The minimum absolute atomic E-state index is 0.175. The normalized spacial score (nSPS) is 14.4. The SMILES string of the molecule is CCCCC1Cc2ccc(C(=O)Oc3cc(F)c(-c4cc(F)c(C(F)(F)Oc5cc(F)c(C)c(F)c5)c(F)c4)c(F)c3)cc2C1. The molecule has 5 rings (SSSR count). The molecule has 0 saturated carbocycles.